The van der Waals surface area contributed by atoms with Crippen molar-refractivity contribution >= 4 is 5.71 Å². The van der Waals surface area contributed by atoms with E-state index in [1.807, 2.05) is 0 Å². The van der Waals surface area contributed by atoms with Gasteiger partial charge in [0.05, 0.1) is 6.61 Å². The molecule has 1 aromatic carbocycles. The van der Waals surface area contributed by atoms with Gasteiger partial charge in [0.15, 0.2) is 0 Å². The quantitative estimate of drug-likeness (QED) is 0.307. The van der Waals surface area contributed by atoms with Gasteiger partial charge < -0.3 is 9.57 Å². The smallest absolute Gasteiger partial charge is 0.239 e. The molecule has 7 heteroatoms. The van der Waals surface area contributed by atoms with Gasteiger partial charge in [-0.2, -0.15) is 5.10 Å². The number of halogens is 1. The van der Waals surface area contributed by atoms with E-state index < -0.39 is 6.30 Å². The predicted molar refractivity (Wildman–Crippen MR) is 87.5 cm³/mol. The van der Waals surface area contributed by atoms with Crippen LogP contribution in [0.5, 0.6) is 5.75 Å². The molecule has 2 aromatic rings. The van der Waals surface area contributed by atoms with E-state index in [4.69, 9.17) is 9.57 Å². The molecule has 1 atom stereocenters. The minimum atomic E-state index is -1.60. The number of aromatic nitrogens is 3. The number of hydrogen-bond donors (Lipinski definition) is 0. The highest BCUT2D eigenvalue weighted by atomic mass is 19.1. The van der Waals surface area contributed by atoms with Crippen molar-refractivity contribution in [2.24, 2.45) is 11.1 Å². The van der Waals surface area contributed by atoms with E-state index in [0.29, 0.717) is 11.5 Å². The van der Waals surface area contributed by atoms with E-state index in [1.165, 1.54) is 25.5 Å². The third kappa shape index (κ3) is 4.18. The minimum absolute atomic E-state index is 0.107. The molecule has 1 aliphatic carbocycles. The number of ether oxygens (including phenoxy) is 1. The molecule has 24 heavy (non-hydrogen) atoms. The Kier molecular flexibility index (Phi) is 5.20. The van der Waals surface area contributed by atoms with E-state index in [2.05, 4.69) is 21.8 Å². The number of hydrogen-bond acceptors (Lipinski definition) is 5. The molecular formula is C17H19FN4O2. The van der Waals surface area contributed by atoms with E-state index in [9.17, 15) is 4.39 Å². The van der Waals surface area contributed by atoms with Crippen LogP contribution in [-0.2, 0) is 4.84 Å². The van der Waals surface area contributed by atoms with Crippen molar-refractivity contribution in [2.45, 2.75) is 19.1 Å². The summed E-state index contributed by atoms with van der Waals surface area (Å²) in [5.74, 6) is 1.44. The number of oxime groups is 1. The molecule has 0 N–H and O–H groups in total. The minimum Gasteiger partial charge on any atom is -0.493 e. The molecule has 1 aliphatic rings. The van der Waals surface area contributed by atoms with Gasteiger partial charge in [-0.05, 0) is 43.0 Å². The molecule has 6 nitrogen and oxygen atoms in total. The number of rotatable bonds is 9. The summed E-state index contributed by atoms with van der Waals surface area (Å²) in [5.41, 5.74) is 0.692. The van der Waals surface area contributed by atoms with Crippen molar-refractivity contribution in [3.05, 3.63) is 55.1 Å². The first-order chi connectivity index (χ1) is 11.8. The lowest BCUT2D eigenvalue weighted by Gasteiger charge is -2.12. The molecule has 1 unspecified atom stereocenters. The summed E-state index contributed by atoms with van der Waals surface area (Å²) < 4.78 is 21.5. The second-order valence-corrected chi connectivity index (χ2v) is 5.55. The van der Waals surface area contributed by atoms with E-state index in [1.54, 1.807) is 30.3 Å². The first kappa shape index (κ1) is 16.2. The molecule has 1 heterocycles. The van der Waals surface area contributed by atoms with E-state index in [-0.39, 0.29) is 12.3 Å². The zero-order chi connectivity index (χ0) is 16.8. The van der Waals surface area contributed by atoms with Crippen LogP contribution in [0.1, 0.15) is 24.7 Å². The molecule has 3 rings (SSSR count). The Hall–Kier alpha value is -2.70. The van der Waals surface area contributed by atoms with Crippen LogP contribution in [-0.4, -0.2) is 33.7 Å². The summed E-state index contributed by atoms with van der Waals surface area (Å²) in [7, 11) is 0. The molecule has 0 amide bonds. The van der Waals surface area contributed by atoms with Crippen LogP contribution < -0.4 is 4.74 Å². The maximum atomic E-state index is 14.7. The third-order valence-electron chi connectivity index (χ3n) is 3.58. The maximum Gasteiger partial charge on any atom is 0.239 e. The topological polar surface area (TPSA) is 61.5 Å². The summed E-state index contributed by atoms with van der Waals surface area (Å²) >= 11 is 0. The van der Waals surface area contributed by atoms with Gasteiger partial charge in [0.1, 0.15) is 30.7 Å². The normalized spacial score (nSPS) is 15.8. The molecular weight excluding hydrogens is 311 g/mol. The number of benzene rings is 1. The van der Waals surface area contributed by atoms with E-state index >= 15 is 0 Å². The Bertz CT molecular complexity index is 681. The monoisotopic (exact) mass is 330 g/mol. The highest BCUT2D eigenvalue weighted by Gasteiger charge is 2.23. The van der Waals surface area contributed by atoms with Crippen LogP contribution in [0.25, 0.3) is 0 Å². The number of alkyl halides is 1. The van der Waals surface area contributed by atoms with Crippen molar-refractivity contribution in [3.63, 3.8) is 0 Å². The van der Waals surface area contributed by atoms with Crippen molar-refractivity contribution in [2.75, 3.05) is 13.2 Å². The predicted octanol–water partition coefficient (Wildman–Crippen LogP) is 3.14. The molecule has 1 fully saturated rings. The molecule has 0 saturated heterocycles. The average molecular weight is 330 g/mol. The Morgan fingerprint density at radius 3 is 2.83 bits per heavy atom. The molecule has 126 valence electrons. The van der Waals surface area contributed by atoms with Gasteiger partial charge in [-0.3, -0.25) is 0 Å². The fourth-order valence-corrected chi connectivity index (χ4v) is 2.07. The van der Waals surface area contributed by atoms with Gasteiger partial charge in [-0.1, -0.05) is 17.8 Å². The van der Waals surface area contributed by atoms with Gasteiger partial charge in [0.25, 0.3) is 0 Å². The van der Waals surface area contributed by atoms with Crippen LogP contribution in [0, 0.1) is 5.92 Å². The highest BCUT2D eigenvalue weighted by molar-refractivity contribution is 6.02. The van der Waals surface area contributed by atoms with Gasteiger partial charge >= 0.3 is 0 Å². The Labute approximate surface area is 139 Å². The van der Waals surface area contributed by atoms with Crippen LogP contribution >= 0.6 is 0 Å². The SMILES string of the molecule is C=CCON=C(c1ccc(OCC2CC2)cc1)C(F)n1cncn1. The lowest BCUT2D eigenvalue weighted by Crippen LogP contribution is -2.18. The lowest BCUT2D eigenvalue weighted by molar-refractivity contribution is 0.168. The standard InChI is InChI=1S/C17H19FN4O2/c1-2-9-24-21-16(17(18)22-12-19-11-20-22)14-5-7-15(8-6-14)23-10-13-3-4-13/h2,5-8,11-13,17H,1,3-4,9-10H2. The third-order valence-corrected chi connectivity index (χ3v) is 3.58. The molecule has 0 aliphatic heterocycles. The van der Waals surface area contributed by atoms with Gasteiger partial charge in [0.2, 0.25) is 6.30 Å². The molecule has 1 aromatic heterocycles. The molecule has 0 spiro atoms. The Balaban J connectivity index is 1.75. The second kappa shape index (κ2) is 7.72. The zero-order valence-electron chi connectivity index (χ0n) is 13.2. The Morgan fingerprint density at radius 2 is 2.21 bits per heavy atom. The van der Waals surface area contributed by atoms with Crippen LogP contribution in [0.4, 0.5) is 4.39 Å². The first-order valence-electron chi connectivity index (χ1n) is 7.80. The van der Waals surface area contributed by atoms with Crippen LogP contribution in [0.15, 0.2) is 54.7 Å². The van der Waals surface area contributed by atoms with E-state index in [0.717, 1.165) is 17.0 Å². The second-order valence-electron chi connectivity index (χ2n) is 5.55. The van der Waals surface area contributed by atoms with Crippen molar-refractivity contribution < 1.29 is 14.0 Å². The first-order valence-corrected chi connectivity index (χ1v) is 7.80. The van der Waals surface area contributed by atoms with Crippen molar-refractivity contribution in [3.8, 4) is 5.75 Å². The Morgan fingerprint density at radius 1 is 1.42 bits per heavy atom. The maximum absolute atomic E-state index is 14.7. The largest absolute Gasteiger partial charge is 0.493 e. The van der Waals surface area contributed by atoms with Crippen molar-refractivity contribution in [1.29, 1.82) is 0 Å². The fraction of sp³-hybridized carbons (Fsp3) is 0.353. The summed E-state index contributed by atoms with van der Waals surface area (Å²) in [6, 6.07) is 7.10. The summed E-state index contributed by atoms with van der Waals surface area (Å²) in [6.45, 7) is 4.46. The molecule has 0 bridgehead atoms. The lowest BCUT2D eigenvalue weighted by atomic mass is 10.1. The summed E-state index contributed by atoms with van der Waals surface area (Å²) in [6.07, 6.45) is 4.97. The number of nitrogens with zero attached hydrogens (tertiary/aromatic N) is 4. The van der Waals surface area contributed by atoms with Crippen LogP contribution in [0.3, 0.4) is 0 Å². The highest BCUT2D eigenvalue weighted by Crippen LogP contribution is 2.29. The zero-order valence-corrected chi connectivity index (χ0v) is 13.2. The molecule has 0 radical (unpaired) electrons. The summed E-state index contributed by atoms with van der Waals surface area (Å²) in [4.78, 5) is 8.83. The average Bonchev–Trinajstić information content (AvgIpc) is 3.28. The van der Waals surface area contributed by atoms with Crippen molar-refractivity contribution in [1.82, 2.24) is 14.8 Å². The van der Waals surface area contributed by atoms with Gasteiger partial charge in [-0.25, -0.2) is 14.1 Å². The van der Waals surface area contributed by atoms with Crippen LogP contribution in [0.2, 0.25) is 0 Å². The van der Waals surface area contributed by atoms with Gasteiger partial charge in [-0.15, -0.1) is 0 Å². The fourth-order valence-electron chi connectivity index (χ4n) is 2.07. The summed E-state index contributed by atoms with van der Waals surface area (Å²) in [5, 5.41) is 7.71. The van der Waals surface area contributed by atoms with Gasteiger partial charge in [0, 0.05) is 5.56 Å². The molecule has 1 saturated carbocycles.